The molecular weight excluding hydrogens is 232 g/mol. The van der Waals surface area contributed by atoms with E-state index in [0.717, 1.165) is 0 Å². The quantitative estimate of drug-likeness (QED) is 0.763. The third-order valence-corrected chi connectivity index (χ3v) is 2.88. The molecule has 2 aromatic rings. The fraction of sp³-hybridized carbons (Fsp3) is 0.235. The zero-order valence-corrected chi connectivity index (χ0v) is 11.2. The highest BCUT2D eigenvalue weighted by molar-refractivity contribution is 5.70. The molecule has 19 heavy (non-hydrogen) atoms. The summed E-state index contributed by atoms with van der Waals surface area (Å²) in [5.74, 6) is 0. The van der Waals surface area contributed by atoms with Gasteiger partial charge < -0.3 is 4.90 Å². The van der Waals surface area contributed by atoms with E-state index < -0.39 is 0 Å². The first-order chi connectivity index (χ1) is 8.65. The van der Waals surface area contributed by atoms with Gasteiger partial charge in [-0.25, -0.2) is 4.57 Å². The van der Waals surface area contributed by atoms with E-state index in [1.54, 1.807) is 0 Å². The van der Waals surface area contributed by atoms with Gasteiger partial charge in [0.15, 0.2) is 12.4 Å². The van der Waals surface area contributed by atoms with E-state index in [2.05, 4.69) is 79.9 Å². The largest absolute Gasteiger partial charge is 0.378 e. The second-order valence-electron chi connectivity index (χ2n) is 4.62. The summed E-state index contributed by atoms with van der Waals surface area (Å²) in [6.45, 7) is 0. The Bertz CT molecular complexity index is 522. The van der Waals surface area contributed by atoms with Gasteiger partial charge in [0.2, 0.25) is 0 Å². The lowest BCUT2D eigenvalue weighted by molar-refractivity contribution is -0.671. The average molecular weight is 255 g/mol. The van der Waals surface area contributed by atoms with E-state index in [1.807, 2.05) is 11.6 Å². The molecular formula is C17H23N2+. The van der Waals surface area contributed by atoms with Gasteiger partial charge in [-0.05, 0) is 23.3 Å². The van der Waals surface area contributed by atoms with Crippen LogP contribution < -0.4 is 9.47 Å². The van der Waals surface area contributed by atoms with Gasteiger partial charge in [-0.15, -0.1) is 0 Å². The first kappa shape index (κ1) is 15.0. The molecule has 0 saturated heterocycles. The van der Waals surface area contributed by atoms with Crippen molar-refractivity contribution < 1.29 is 4.57 Å². The van der Waals surface area contributed by atoms with Gasteiger partial charge >= 0.3 is 0 Å². The van der Waals surface area contributed by atoms with E-state index in [4.69, 9.17) is 0 Å². The van der Waals surface area contributed by atoms with Gasteiger partial charge in [0.1, 0.15) is 7.05 Å². The molecule has 2 nitrogen and oxygen atoms in total. The van der Waals surface area contributed by atoms with Crippen LogP contribution in [0.4, 0.5) is 5.69 Å². The molecule has 0 aliphatic carbocycles. The van der Waals surface area contributed by atoms with Crippen LogP contribution in [0.1, 0.15) is 18.6 Å². The molecule has 0 atom stereocenters. The molecule has 0 saturated carbocycles. The minimum Gasteiger partial charge on any atom is -0.378 e. The molecule has 0 N–H and O–H groups in total. The Labute approximate surface area is 116 Å². The van der Waals surface area contributed by atoms with Gasteiger partial charge in [-0.2, -0.15) is 0 Å². The summed E-state index contributed by atoms with van der Waals surface area (Å²) in [7, 11) is 6.12. The van der Waals surface area contributed by atoms with E-state index in [1.165, 1.54) is 16.8 Å². The molecule has 2 heteroatoms. The maximum absolute atomic E-state index is 2.13. The lowest BCUT2D eigenvalue weighted by atomic mass is 10.1. The monoisotopic (exact) mass is 255 g/mol. The Morgan fingerprint density at radius 2 is 1.32 bits per heavy atom. The third-order valence-electron chi connectivity index (χ3n) is 2.88. The molecule has 0 bridgehead atoms. The van der Waals surface area contributed by atoms with Crippen LogP contribution in [0.25, 0.3) is 12.2 Å². The summed E-state index contributed by atoms with van der Waals surface area (Å²) in [4.78, 5) is 2.10. The standard InChI is InChI=1S/C16H19N2.CH4/c1-17(2)16-8-6-14(7-9-16)4-5-15-10-12-18(3)13-11-15;/h4-13H,1-3H3;1H4/q+1;. The minimum atomic E-state index is 0. The first-order valence-corrected chi connectivity index (χ1v) is 6.06. The third kappa shape index (κ3) is 4.25. The predicted octanol–water partition coefficient (Wildman–Crippen LogP) is 3.38. The fourth-order valence-corrected chi connectivity index (χ4v) is 1.70. The number of rotatable bonds is 3. The van der Waals surface area contributed by atoms with Crippen molar-refractivity contribution in [2.24, 2.45) is 7.05 Å². The number of aromatic nitrogens is 1. The molecule has 0 aliphatic rings. The van der Waals surface area contributed by atoms with E-state index in [-0.39, 0.29) is 7.43 Å². The Kier molecular flexibility index (Phi) is 5.31. The first-order valence-electron chi connectivity index (χ1n) is 6.06. The van der Waals surface area contributed by atoms with Crippen LogP contribution in [-0.2, 0) is 7.05 Å². The fourth-order valence-electron chi connectivity index (χ4n) is 1.70. The zero-order valence-electron chi connectivity index (χ0n) is 11.2. The number of hydrogen-bond donors (Lipinski definition) is 0. The van der Waals surface area contributed by atoms with Crippen LogP contribution >= 0.6 is 0 Å². The Morgan fingerprint density at radius 3 is 1.79 bits per heavy atom. The molecule has 100 valence electrons. The van der Waals surface area contributed by atoms with Crippen molar-refractivity contribution in [2.75, 3.05) is 19.0 Å². The van der Waals surface area contributed by atoms with E-state index in [0.29, 0.717) is 0 Å². The van der Waals surface area contributed by atoms with Crippen LogP contribution in [0.5, 0.6) is 0 Å². The normalized spacial score (nSPS) is 10.3. The lowest BCUT2D eigenvalue weighted by Gasteiger charge is -2.11. The van der Waals surface area contributed by atoms with Crippen LogP contribution in [0.15, 0.2) is 48.8 Å². The summed E-state index contributed by atoms with van der Waals surface area (Å²) >= 11 is 0. The Hall–Kier alpha value is -2.09. The second-order valence-corrected chi connectivity index (χ2v) is 4.62. The number of pyridine rings is 1. The summed E-state index contributed by atoms with van der Waals surface area (Å²) in [6, 6.07) is 12.7. The smallest absolute Gasteiger partial charge is 0.169 e. The van der Waals surface area contributed by atoms with Crippen molar-refractivity contribution in [1.29, 1.82) is 0 Å². The number of nitrogens with zero attached hydrogens (tertiary/aromatic N) is 2. The molecule has 2 rings (SSSR count). The van der Waals surface area contributed by atoms with Crippen molar-refractivity contribution in [1.82, 2.24) is 0 Å². The van der Waals surface area contributed by atoms with E-state index >= 15 is 0 Å². The van der Waals surface area contributed by atoms with Gasteiger partial charge in [0.05, 0.1) is 0 Å². The molecule has 0 spiro atoms. The maximum atomic E-state index is 2.13. The van der Waals surface area contributed by atoms with E-state index in [9.17, 15) is 0 Å². The van der Waals surface area contributed by atoms with Gasteiger partial charge in [0.25, 0.3) is 0 Å². The lowest BCUT2D eigenvalue weighted by Crippen LogP contribution is -2.25. The summed E-state index contributed by atoms with van der Waals surface area (Å²) < 4.78 is 2.03. The molecule has 0 unspecified atom stereocenters. The van der Waals surface area contributed by atoms with Crippen molar-refractivity contribution >= 4 is 17.8 Å². The maximum Gasteiger partial charge on any atom is 0.169 e. The highest BCUT2D eigenvalue weighted by Crippen LogP contribution is 2.14. The molecule has 0 aliphatic heterocycles. The Morgan fingerprint density at radius 1 is 0.842 bits per heavy atom. The number of benzene rings is 1. The summed E-state index contributed by atoms with van der Waals surface area (Å²) in [5.41, 5.74) is 3.65. The molecule has 0 amide bonds. The molecule has 0 radical (unpaired) electrons. The number of anilines is 1. The van der Waals surface area contributed by atoms with Gasteiger partial charge in [0, 0.05) is 31.9 Å². The molecule has 1 aromatic carbocycles. The topological polar surface area (TPSA) is 7.12 Å². The van der Waals surface area contributed by atoms with Crippen LogP contribution in [0.2, 0.25) is 0 Å². The van der Waals surface area contributed by atoms with Gasteiger partial charge in [-0.3, -0.25) is 0 Å². The average Bonchev–Trinajstić information content (AvgIpc) is 2.38. The van der Waals surface area contributed by atoms with Crippen LogP contribution in [0, 0.1) is 0 Å². The number of hydrogen-bond acceptors (Lipinski definition) is 1. The molecule has 1 aromatic heterocycles. The minimum absolute atomic E-state index is 0. The highest BCUT2D eigenvalue weighted by Gasteiger charge is 1.94. The zero-order chi connectivity index (χ0) is 13.0. The second kappa shape index (κ2) is 6.74. The number of aryl methyl sites for hydroxylation is 1. The highest BCUT2D eigenvalue weighted by atomic mass is 15.1. The summed E-state index contributed by atoms with van der Waals surface area (Å²) in [5, 5.41) is 0. The molecule has 0 fully saturated rings. The van der Waals surface area contributed by atoms with Crippen molar-refractivity contribution in [3.05, 3.63) is 59.9 Å². The summed E-state index contributed by atoms with van der Waals surface area (Å²) in [6.07, 6.45) is 8.36. The van der Waals surface area contributed by atoms with Crippen molar-refractivity contribution in [3.63, 3.8) is 0 Å². The molecule has 1 heterocycles. The van der Waals surface area contributed by atoms with Crippen molar-refractivity contribution in [3.8, 4) is 0 Å². The SMILES string of the molecule is C.CN(C)c1ccc(/C=C/c2cc[n+](C)cc2)cc1. The van der Waals surface area contributed by atoms with Gasteiger partial charge in [-0.1, -0.05) is 31.7 Å². The van der Waals surface area contributed by atoms with Crippen LogP contribution in [0.3, 0.4) is 0 Å². The van der Waals surface area contributed by atoms with Crippen LogP contribution in [-0.4, -0.2) is 14.1 Å². The van der Waals surface area contributed by atoms with Crippen molar-refractivity contribution in [2.45, 2.75) is 7.43 Å². The predicted molar refractivity (Wildman–Crippen MR) is 84.0 cm³/mol. The Balaban J connectivity index is 0.00000180.